The van der Waals surface area contributed by atoms with Crippen molar-refractivity contribution in [3.63, 3.8) is 0 Å². The first kappa shape index (κ1) is 19.1. The van der Waals surface area contributed by atoms with Crippen LogP contribution in [0.25, 0.3) is 0 Å². The van der Waals surface area contributed by atoms with Crippen LogP contribution in [0.1, 0.15) is 49.7 Å². The molecule has 0 bridgehead atoms. The summed E-state index contributed by atoms with van der Waals surface area (Å²) in [6.07, 6.45) is 12.0. The van der Waals surface area contributed by atoms with Crippen molar-refractivity contribution in [1.82, 2.24) is 20.2 Å². The number of benzene rings is 1. The van der Waals surface area contributed by atoms with Gasteiger partial charge in [0.15, 0.2) is 0 Å². The second-order valence-electron chi connectivity index (χ2n) is 7.27. The van der Waals surface area contributed by atoms with Crippen LogP contribution in [0.4, 0.5) is 0 Å². The molecule has 0 radical (unpaired) electrons. The first-order valence-corrected chi connectivity index (χ1v) is 9.76. The third kappa shape index (κ3) is 6.24. The lowest BCUT2D eigenvalue weighted by Gasteiger charge is -2.20. The molecule has 0 saturated heterocycles. The van der Waals surface area contributed by atoms with Gasteiger partial charge >= 0.3 is 0 Å². The molecule has 1 fully saturated rings. The summed E-state index contributed by atoms with van der Waals surface area (Å²) in [5.41, 5.74) is 2.20. The second-order valence-corrected chi connectivity index (χ2v) is 7.27. The fourth-order valence-corrected chi connectivity index (χ4v) is 3.62. The van der Waals surface area contributed by atoms with E-state index in [4.69, 9.17) is 0 Å². The van der Waals surface area contributed by atoms with Crippen molar-refractivity contribution in [3.8, 4) is 0 Å². The van der Waals surface area contributed by atoms with Gasteiger partial charge in [-0.05, 0) is 29.9 Å². The van der Waals surface area contributed by atoms with Crippen molar-refractivity contribution in [1.29, 1.82) is 0 Å². The molecule has 2 N–H and O–H groups in total. The maximum absolute atomic E-state index is 12.1. The molecule has 144 valence electrons. The van der Waals surface area contributed by atoms with E-state index in [0.29, 0.717) is 25.4 Å². The quantitative estimate of drug-likeness (QED) is 0.752. The lowest BCUT2D eigenvalue weighted by Crippen LogP contribution is -2.37. The van der Waals surface area contributed by atoms with Crippen LogP contribution >= 0.6 is 0 Å². The van der Waals surface area contributed by atoms with E-state index in [1.54, 1.807) is 12.5 Å². The van der Waals surface area contributed by atoms with E-state index in [2.05, 4.69) is 15.6 Å². The van der Waals surface area contributed by atoms with Gasteiger partial charge in [0.25, 0.3) is 0 Å². The average Bonchev–Trinajstić information content (AvgIpc) is 3.19. The number of nitrogens with one attached hydrogen (secondary N) is 2. The zero-order valence-corrected chi connectivity index (χ0v) is 15.7. The highest BCUT2D eigenvalue weighted by atomic mass is 16.2. The van der Waals surface area contributed by atoms with Crippen LogP contribution in [0.2, 0.25) is 0 Å². The molecule has 6 nitrogen and oxygen atoms in total. The number of amides is 2. The summed E-state index contributed by atoms with van der Waals surface area (Å²) in [6, 6.07) is 8.01. The number of imidazole rings is 1. The molecular weight excluding hydrogens is 340 g/mol. The van der Waals surface area contributed by atoms with Crippen molar-refractivity contribution in [2.75, 3.05) is 6.54 Å². The van der Waals surface area contributed by atoms with Crippen molar-refractivity contribution in [2.24, 2.45) is 5.92 Å². The fraction of sp³-hybridized carbons (Fsp3) is 0.476. The lowest BCUT2D eigenvalue weighted by molar-refractivity contribution is -0.126. The minimum absolute atomic E-state index is 0.0162. The van der Waals surface area contributed by atoms with Crippen LogP contribution < -0.4 is 10.6 Å². The number of carbonyl (C=O) groups is 2. The van der Waals surface area contributed by atoms with Gasteiger partial charge in [-0.25, -0.2) is 4.98 Å². The summed E-state index contributed by atoms with van der Waals surface area (Å²) in [5.74, 6) is 0.304. The largest absolute Gasteiger partial charge is 0.350 e. The molecule has 1 saturated carbocycles. The smallest absolute Gasteiger partial charge is 0.239 e. The minimum atomic E-state index is -0.163. The van der Waals surface area contributed by atoms with Gasteiger partial charge in [0.05, 0.1) is 12.9 Å². The van der Waals surface area contributed by atoms with E-state index in [0.717, 1.165) is 24.0 Å². The molecule has 0 unspecified atom stereocenters. The molecule has 27 heavy (non-hydrogen) atoms. The van der Waals surface area contributed by atoms with E-state index >= 15 is 0 Å². The Morgan fingerprint density at radius 3 is 2.56 bits per heavy atom. The standard InChI is InChI=1S/C21H28N4O2/c26-20(12-17-6-2-1-3-7-17)24-14-21(27)23-13-18-8-4-5-9-19(18)15-25-11-10-22-16-25/h4-5,8-11,16-17H,1-3,6-7,12-15H2,(H,23,27)(H,24,26). The SMILES string of the molecule is O=C(CNC(=O)CC1CCCCC1)NCc1ccccc1Cn1ccnc1. The van der Waals surface area contributed by atoms with E-state index in [1.165, 1.54) is 19.3 Å². The first-order valence-electron chi connectivity index (χ1n) is 9.76. The van der Waals surface area contributed by atoms with Gasteiger partial charge in [0, 0.05) is 31.9 Å². The number of carbonyl (C=O) groups excluding carboxylic acids is 2. The topological polar surface area (TPSA) is 76.0 Å². The Labute approximate surface area is 160 Å². The number of hydrogen-bond acceptors (Lipinski definition) is 3. The summed E-state index contributed by atoms with van der Waals surface area (Å²) in [4.78, 5) is 28.2. The second kappa shape index (κ2) is 9.90. The molecule has 1 heterocycles. The zero-order chi connectivity index (χ0) is 18.9. The zero-order valence-electron chi connectivity index (χ0n) is 15.7. The van der Waals surface area contributed by atoms with Crippen LogP contribution in [-0.4, -0.2) is 27.9 Å². The lowest BCUT2D eigenvalue weighted by atomic mass is 9.87. The number of rotatable bonds is 8. The van der Waals surface area contributed by atoms with E-state index < -0.39 is 0 Å². The van der Waals surface area contributed by atoms with Crippen LogP contribution in [-0.2, 0) is 22.7 Å². The fourth-order valence-electron chi connectivity index (χ4n) is 3.62. The monoisotopic (exact) mass is 368 g/mol. The summed E-state index contributed by atoms with van der Waals surface area (Å²) in [6.45, 7) is 1.20. The molecule has 1 aromatic heterocycles. The number of hydrogen-bond donors (Lipinski definition) is 2. The highest BCUT2D eigenvalue weighted by Crippen LogP contribution is 2.25. The van der Waals surface area contributed by atoms with Crippen LogP contribution in [0, 0.1) is 5.92 Å². The van der Waals surface area contributed by atoms with Gasteiger partial charge < -0.3 is 15.2 Å². The highest BCUT2D eigenvalue weighted by molar-refractivity contribution is 5.84. The third-order valence-corrected chi connectivity index (χ3v) is 5.15. The van der Waals surface area contributed by atoms with Gasteiger partial charge in [0.2, 0.25) is 11.8 Å². The summed E-state index contributed by atoms with van der Waals surface area (Å²) >= 11 is 0. The van der Waals surface area contributed by atoms with Crippen molar-refractivity contribution < 1.29 is 9.59 Å². The molecular formula is C21H28N4O2. The Balaban J connectivity index is 1.42. The predicted octanol–water partition coefficient (Wildman–Crippen LogP) is 2.63. The van der Waals surface area contributed by atoms with E-state index in [9.17, 15) is 9.59 Å². The maximum Gasteiger partial charge on any atom is 0.239 e. The highest BCUT2D eigenvalue weighted by Gasteiger charge is 2.17. The Hall–Kier alpha value is -2.63. The molecule has 0 atom stereocenters. The predicted molar refractivity (Wildman–Crippen MR) is 104 cm³/mol. The van der Waals surface area contributed by atoms with E-state index in [1.807, 2.05) is 35.0 Å². The van der Waals surface area contributed by atoms with Gasteiger partial charge in [-0.15, -0.1) is 0 Å². The van der Waals surface area contributed by atoms with Gasteiger partial charge in [0.1, 0.15) is 0 Å². The maximum atomic E-state index is 12.1. The molecule has 1 aliphatic carbocycles. The van der Waals surface area contributed by atoms with E-state index in [-0.39, 0.29) is 18.4 Å². The molecule has 3 rings (SSSR count). The molecule has 2 aromatic rings. The molecule has 0 aliphatic heterocycles. The van der Waals surface area contributed by atoms with Gasteiger partial charge in [-0.1, -0.05) is 43.5 Å². The molecule has 0 spiro atoms. The average molecular weight is 368 g/mol. The molecule has 1 aliphatic rings. The molecule has 2 amide bonds. The Morgan fingerprint density at radius 2 is 1.81 bits per heavy atom. The van der Waals surface area contributed by atoms with Crippen LogP contribution in [0.5, 0.6) is 0 Å². The Morgan fingerprint density at radius 1 is 1.04 bits per heavy atom. The summed E-state index contributed by atoms with van der Waals surface area (Å²) in [5, 5.41) is 5.65. The molecule has 6 heteroatoms. The Bertz CT molecular complexity index is 736. The number of aromatic nitrogens is 2. The van der Waals surface area contributed by atoms with Gasteiger partial charge in [-0.3, -0.25) is 9.59 Å². The first-order chi connectivity index (χ1) is 13.2. The summed E-state index contributed by atoms with van der Waals surface area (Å²) in [7, 11) is 0. The molecule has 1 aromatic carbocycles. The van der Waals surface area contributed by atoms with Crippen LogP contribution in [0.3, 0.4) is 0 Å². The summed E-state index contributed by atoms with van der Waals surface area (Å²) < 4.78 is 1.99. The number of nitrogens with zero attached hydrogens (tertiary/aromatic N) is 2. The third-order valence-electron chi connectivity index (χ3n) is 5.15. The van der Waals surface area contributed by atoms with Crippen LogP contribution in [0.15, 0.2) is 43.0 Å². The minimum Gasteiger partial charge on any atom is -0.350 e. The normalized spacial score (nSPS) is 14.7. The van der Waals surface area contributed by atoms with Crippen molar-refractivity contribution >= 4 is 11.8 Å². The van der Waals surface area contributed by atoms with Gasteiger partial charge in [-0.2, -0.15) is 0 Å². The Kier molecular flexibility index (Phi) is 7.02. The van der Waals surface area contributed by atoms with Crippen molar-refractivity contribution in [2.45, 2.75) is 51.6 Å². The van der Waals surface area contributed by atoms with Crippen molar-refractivity contribution in [3.05, 3.63) is 54.1 Å².